The van der Waals surface area contributed by atoms with Crippen molar-refractivity contribution in [1.29, 1.82) is 0 Å². The van der Waals surface area contributed by atoms with Crippen LogP contribution in [0.4, 0.5) is 0 Å². The number of carbonyl (C=O) groups is 1. The summed E-state index contributed by atoms with van der Waals surface area (Å²) in [5.74, 6) is 0.0509. The lowest BCUT2D eigenvalue weighted by atomic mass is 10.3. The van der Waals surface area contributed by atoms with Gasteiger partial charge in [-0.1, -0.05) is 11.6 Å². The fourth-order valence-corrected chi connectivity index (χ4v) is 0.728. The van der Waals surface area contributed by atoms with Crippen molar-refractivity contribution in [2.45, 2.75) is 13.3 Å². The number of carbonyl (C=O) groups excluding carboxylic acids is 1. The van der Waals surface area contributed by atoms with Crippen LogP contribution in [-0.4, -0.2) is 26.0 Å². The van der Waals surface area contributed by atoms with Gasteiger partial charge < -0.3 is 10.6 Å². The van der Waals surface area contributed by atoms with E-state index in [-0.39, 0.29) is 5.91 Å². The first-order valence-corrected chi connectivity index (χ1v) is 4.31. The molecule has 0 aromatic rings. The Bertz CT molecular complexity index is 168. The van der Waals surface area contributed by atoms with Crippen molar-refractivity contribution in [3.05, 3.63) is 11.1 Å². The lowest BCUT2D eigenvalue weighted by Crippen LogP contribution is -2.25. The minimum atomic E-state index is 0.0509. The Labute approximate surface area is 78.2 Å². The maximum atomic E-state index is 10.7. The van der Waals surface area contributed by atoms with Crippen LogP contribution in [0.1, 0.15) is 13.3 Å². The second-order valence-corrected chi connectivity index (χ2v) is 2.77. The van der Waals surface area contributed by atoms with Crippen molar-refractivity contribution < 1.29 is 4.79 Å². The maximum absolute atomic E-state index is 10.7. The van der Waals surface area contributed by atoms with Crippen LogP contribution in [0.2, 0.25) is 0 Å². The third kappa shape index (κ3) is 6.19. The first-order valence-electron chi connectivity index (χ1n) is 3.88. The molecule has 0 aliphatic heterocycles. The second kappa shape index (κ2) is 7.13. The van der Waals surface area contributed by atoms with Crippen molar-refractivity contribution in [3.63, 3.8) is 0 Å². The minimum Gasteiger partial charge on any atom is -0.359 e. The highest BCUT2D eigenvalue weighted by Gasteiger charge is 1.95. The summed E-state index contributed by atoms with van der Waals surface area (Å²) < 4.78 is 0. The van der Waals surface area contributed by atoms with Gasteiger partial charge in [0.25, 0.3) is 0 Å². The zero-order valence-corrected chi connectivity index (χ0v) is 8.24. The van der Waals surface area contributed by atoms with E-state index in [2.05, 4.69) is 10.6 Å². The van der Waals surface area contributed by atoms with Gasteiger partial charge in [0.05, 0.1) is 0 Å². The van der Waals surface area contributed by atoms with E-state index in [0.29, 0.717) is 13.0 Å². The van der Waals surface area contributed by atoms with Crippen molar-refractivity contribution in [2.75, 3.05) is 20.1 Å². The Morgan fingerprint density at radius 3 is 2.75 bits per heavy atom. The Morgan fingerprint density at radius 1 is 1.58 bits per heavy atom. The molecule has 2 N–H and O–H groups in total. The monoisotopic (exact) mass is 190 g/mol. The van der Waals surface area contributed by atoms with Gasteiger partial charge in [0, 0.05) is 32.1 Å². The number of amides is 1. The number of hydrogen-bond acceptors (Lipinski definition) is 2. The zero-order chi connectivity index (χ0) is 9.40. The van der Waals surface area contributed by atoms with Crippen LogP contribution in [0.5, 0.6) is 0 Å². The topological polar surface area (TPSA) is 41.1 Å². The van der Waals surface area contributed by atoms with Gasteiger partial charge in [0.15, 0.2) is 0 Å². The summed E-state index contributed by atoms with van der Waals surface area (Å²) in [5.41, 5.74) is 2.60. The molecule has 0 heterocycles. The molecule has 0 aliphatic rings. The first-order chi connectivity index (χ1) is 5.70. The predicted octanol–water partition coefficient (Wildman–Crippen LogP) is 0.855. The SMILES string of the molecule is CNC(=O)CCNCC(C)=CCl. The number of nitrogens with one attached hydrogen (secondary N) is 2. The van der Waals surface area contributed by atoms with Crippen LogP contribution in [0, 0.1) is 0 Å². The third-order valence-electron chi connectivity index (χ3n) is 1.40. The molecule has 4 heteroatoms. The fourth-order valence-electron chi connectivity index (χ4n) is 0.651. The van der Waals surface area contributed by atoms with Gasteiger partial charge in [0.2, 0.25) is 5.91 Å². The Hall–Kier alpha value is -0.540. The van der Waals surface area contributed by atoms with Crippen LogP contribution in [-0.2, 0) is 4.79 Å². The maximum Gasteiger partial charge on any atom is 0.221 e. The minimum absolute atomic E-state index is 0.0509. The van der Waals surface area contributed by atoms with E-state index < -0.39 is 0 Å². The molecule has 70 valence electrons. The summed E-state index contributed by atoms with van der Waals surface area (Å²) in [6, 6.07) is 0. The van der Waals surface area contributed by atoms with Gasteiger partial charge in [-0.25, -0.2) is 0 Å². The van der Waals surface area contributed by atoms with E-state index in [0.717, 1.165) is 12.1 Å². The normalized spacial score (nSPS) is 11.4. The lowest BCUT2D eigenvalue weighted by molar-refractivity contribution is -0.120. The van der Waals surface area contributed by atoms with Crippen LogP contribution in [0.15, 0.2) is 11.1 Å². The van der Waals surface area contributed by atoms with Crippen molar-refractivity contribution >= 4 is 17.5 Å². The van der Waals surface area contributed by atoms with Gasteiger partial charge in [-0.2, -0.15) is 0 Å². The molecule has 0 aliphatic carbocycles. The summed E-state index contributed by atoms with van der Waals surface area (Å²) in [6.45, 7) is 3.35. The highest BCUT2D eigenvalue weighted by atomic mass is 35.5. The summed E-state index contributed by atoms with van der Waals surface area (Å²) in [6.07, 6.45) is 0.506. The molecule has 0 aromatic heterocycles. The van der Waals surface area contributed by atoms with E-state index in [4.69, 9.17) is 11.6 Å². The summed E-state index contributed by atoms with van der Waals surface area (Å²) in [5, 5.41) is 5.64. The molecule has 12 heavy (non-hydrogen) atoms. The number of halogens is 1. The van der Waals surface area contributed by atoms with Crippen LogP contribution < -0.4 is 10.6 Å². The second-order valence-electron chi connectivity index (χ2n) is 2.56. The van der Waals surface area contributed by atoms with Gasteiger partial charge in [-0.3, -0.25) is 4.79 Å². The van der Waals surface area contributed by atoms with Crippen LogP contribution in [0.25, 0.3) is 0 Å². The molecule has 0 atom stereocenters. The van der Waals surface area contributed by atoms with E-state index in [1.54, 1.807) is 7.05 Å². The average Bonchev–Trinajstić information content (AvgIpc) is 2.11. The molecule has 1 amide bonds. The van der Waals surface area contributed by atoms with Crippen molar-refractivity contribution in [3.8, 4) is 0 Å². The molecule has 0 aromatic carbocycles. The molecule has 0 fully saturated rings. The van der Waals surface area contributed by atoms with E-state index in [1.165, 1.54) is 5.54 Å². The van der Waals surface area contributed by atoms with Crippen molar-refractivity contribution in [1.82, 2.24) is 10.6 Å². The van der Waals surface area contributed by atoms with Crippen LogP contribution >= 0.6 is 11.6 Å². The van der Waals surface area contributed by atoms with E-state index >= 15 is 0 Å². The van der Waals surface area contributed by atoms with Gasteiger partial charge in [0.1, 0.15) is 0 Å². The molecule has 0 spiro atoms. The number of hydrogen-bond donors (Lipinski definition) is 2. The first kappa shape index (κ1) is 11.5. The molecule has 3 nitrogen and oxygen atoms in total. The quantitative estimate of drug-likeness (QED) is 0.632. The molecule has 0 unspecified atom stereocenters. The Balaban J connectivity index is 3.27. The molecule has 0 bridgehead atoms. The summed E-state index contributed by atoms with van der Waals surface area (Å²) in [4.78, 5) is 10.7. The van der Waals surface area contributed by atoms with Crippen molar-refractivity contribution in [2.24, 2.45) is 0 Å². The largest absolute Gasteiger partial charge is 0.359 e. The van der Waals surface area contributed by atoms with Gasteiger partial charge in [-0.05, 0) is 12.5 Å². The zero-order valence-electron chi connectivity index (χ0n) is 7.48. The molecule has 0 saturated heterocycles. The smallest absolute Gasteiger partial charge is 0.221 e. The highest BCUT2D eigenvalue weighted by Crippen LogP contribution is 1.91. The molecular weight excluding hydrogens is 176 g/mol. The fraction of sp³-hybridized carbons (Fsp3) is 0.625. The average molecular weight is 191 g/mol. The van der Waals surface area contributed by atoms with Crippen LogP contribution in [0.3, 0.4) is 0 Å². The Morgan fingerprint density at radius 2 is 2.25 bits per heavy atom. The summed E-state index contributed by atoms with van der Waals surface area (Å²) in [7, 11) is 1.63. The molecule has 0 saturated carbocycles. The van der Waals surface area contributed by atoms with Gasteiger partial charge >= 0.3 is 0 Å². The standard InChI is InChI=1S/C8H15ClN2O/c1-7(5-9)6-11-4-3-8(12)10-2/h5,11H,3-4,6H2,1-2H3,(H,10,12). The van der Waals surface area contributed by atoms with E-state index in [9.17, 15) is 4.79 Å². The molecule has 0 radical (unpaired) electrons. The van der Waals surface area contributed by atoms with Gasteiger partial charge in [-0.15, -0.1) is 0 Å². The number of rotatable bonds is 5. The predicted molar refractivity (Wildman–Crippen MR) is 51.2 cm³/mol. The third-order valence-corrected chi connectivity index (χ3v) is 1.77. The van der Waals surface area contributed by atoms with E-state index in [1.807, 2.05) is 6.92 Å². The lowest BCUT2D eigenvalue weighted by Gasteiger charge is -2.02. The summed E-state index contributed by atoms with van der Waals surface area (Å²) >= 11 is 5.44. The highest BCUT2D eigenvalue weighted by molar-refractivity contribution is 6.25. The molecular formula is C8H15ClN2O. The Kier molecular flexibility index (Phi) is 6.81. The molecule has 0 rings (SSSR count).